The third-order valence-corrected chi connectivity index (χ3v) is 7.97. The minimum Gasteiger partial charge on any atom is -0.460 e. The van der Waals surface area contributed by atoms with E-state index in [0.717, 1.165) is 42.8 Å². The van der Waals surface area contributed by atoms with Gasteiger partial charge in [0.1, 0.15) is 17.2 Å². The summed E-state index contributed by atoms with van der Waals surface area (Å²) in [6.07, 6.45) is 7.49. The standard InChI is InChI=1S/C31H43ClN6O3/c1-21(16-29(39)41-30(2,3)4)36-22-8-10-23(11-9-22)37-28-17-24(25(32)18-34-28)26-6-5-7-27(38-26)35-20-31(19-33)12-14-40-15-13-31/h5-7,17-18,21-23,36H,8-16,20H2,1-4H3,(H,34,37)(H,35,38)/t21-,22?,23?/m1/s1. The van der Waals surface area contributed by atoms with Crippen LogP contribution in [-0.2, 0) is 14.3 Å². The Morgan fingerprint density at radius 2 is 1.90 bits per heavy atom. The molecule has 2 aromatic rings. The summed E-state index contributed by atoms with van der Waals surface area (Å²) in [5, 5.41) is 20.8. The molecule has 2 aliphatic rings. The molecule has 10 heteroatoms. The van der Waals surface area contributed by atoms with E-state index in [9.17, 15) is 10.1 Å². The van der Waals surface area contributed by atoms with Crippen LogP contribution < -0.4 is 16.0 Å². The van der Waals surface area contributed by atoms with Gasteiger partial charge in [-0.2, -0.15) is 5.26 Å². The number of rotatable bonds is 10. The van der Waals surface area contributed by atoms with E-state index in [4.69, 9.17) is 26.1 Å². The maximum absolute atomic E-state index is 12.1. The average molecular weight is 583 g/mol. The van der Waals surface area contributed by atoms with Crippen molar-refractivity contribution in [2.24, 2.45) is 5.41 Å². The summed E-state index contributed by atoms with van der Waals surface area (Å²) in [5.41, 5.74) is 0.653. The van der Waals surface area contributed by atoms with Crippen molar-refractivity contribution in [2.45, 2.75) is 96.4 Å². The summed E-state index contributed by atoms with van der Waals surface area (Å²) in [4.78, 5) is 21.5. The Labute approximate surface area is 248 Å². The van der Waals surface area contributed by atoms with Crippen molar-refractivity contribution < 1.29 is 14.3 Å². The molecular formula is C31H43ClN6O3. The van der Waals surface area contributed by atoms with Gasteiger partial charge in [0.2, 0.25) is 0 Å². The lowest BCUT2D eigenvalue weighted by Gasteiger charge is -2.32. The first-order chi connectivity index (χ1) is 19.5. The van der Waals surface area contributed by atoms with Gasteiger partial charge in [0, 0.05) is 49.6 Å². The molecule has 1 atom stereocenters. The zero-order valence-electron chi connectivity index (χ0n) is 24.6. The predicted molar refractivity (Wildman–Crippen MR) is 162 cm³/mol. The van der Waals surface area contributed by atoms with Gasteiger partial charge >= 0.3 is 5.97 Å². The van der Waals surface area contributed by atoms with Gasteiger partial charge < -0.3 is 25.4 Å². The first kappa shape index (κ1) is 31.0. The van der Waals surface area contributed by atoms with E-state index in [0.29, 0.717) is 61.9 Å². The number of halogens is 1. The molecule has 3 N–H and O–H groups in total. The first-order valence-electron chi connectivity index (χ1n) is 14.6. The molecule has 0 unspecified atom stereocenters. The highest BCUT2D eigenvalue weighted by Crippen LogP contribution is 2.32. The monoisotopic (exact) mass is 582 g/mol. The van der Waals surface area contributed by atoms with Crippen molar-refractivity contribution in [3.63, 3.8) is 0 Å². The Morgan fingerprint density at radius 3 is 2.59 bits per heavy atom. The zero-order valence-corrected chi connectivity index (χ0v) is 25.4. The van der Waals surface area contributed by atoms with Gasteiger partial charge in [-0.1, -0.05) is 17.7 Å². The molecule has 1 aliphatic heterocycles. The fourth-order valence-corrected chi connectivity index (χ4v) is 5.66. The highest BCUT2D eigenvalue weighted by molar-refractivity contribution is 6.33. The lowest BCUT2D eigenvalue weighted by molar-refractivity contribution is -0.155. The average Bonchev–Trinajstić information content (AvgIpc) is 2.93. The summed E-state index contributed by atoms with van der Waals surface area (Å²) in [6, 6.07) is 11.0. The van der Waals surface area contributed by atoms with Crippen molar-refractivity contribution in [3.8, 4) is 17.3 Å². The van der Waals surface area contributed by atoms with Crippen LogP contribution in [-0.4, -0.2) is 59.4 Å². The minimum absolute atomic E-state index is 0.0692. The lowest BCUT2D eigenvalue weighted by atomic mass is 9.82. The molecule has 1 aliphatic carbocycles. The van der Waals surface area contributed by atoms with E-state index >= 15 is 0 Å². The van der Waals surface area contributed by atoms with Gasteiger partial charge in [0.15, 0.2) is 0 Å². The van der Waals surface area contributed by atoms with Gasteiger partial charge in [0.25, 0.3) is 0 Å². The highest BCUT2D eigenvalue weighted by atomic mass is 35.5. The van der Waals surface area contributed by atoms with Gasteiger partial charge in [-0.25, -0.2) is 9.97 Å². The Morgan fingerprint density at radius 1 is 1.20 bits per heavy atom. The molecular weight excluding hydrogens is 540 g/mol. The van der Waals surface area contributed by atoms with Crippen molar-refractivity contribution in [3.05, 3.63) is 35.5 Å². The molecule has 0 spiro atoms. The number of aromatic nitrogens is 2. The number of hydrogen-bond acceptors (Lipinski definition) is 9. The van der Waals surface area contributed by atoms with E-state index in [2.05, 4.69) is 27.0 Å². The van der Waals surface area contributed by atoms with Crippen LogP contribution in [0.15, 0.2) is 30.5 Å². The molecule has 1 saturated carbocycles. The number of nitrogens with one attached hydrogen (secondary N) is 3. The van der Waals surface area contributed by atoms with Crippen LogP contribution in [0.2, 0.25) is 5.02 Å². The molecule has 0 radical (unpaired) electrons. The minimum atomic E-state index is -0.460. The second-order valence-corrected chi connectivity index (χ2v) is 12.8. The Hall–Kier alpha value is -2.93. The van der Waals surface area contributed by atoms with Crippen LogP contribution >= 0.6 is 11.6 Å². The van der Waals surface area contributed by atoms with Crippen LogP contribution in [0.4, 0.5) is 11.6 Å². The second-order valence-electron chi connectivity index (χ2n) is 12.4. The normalized spacial score (nSPS) is 21.4. The third-order valence-electron chi connectivity index (χ3n) is 7.67. The summed E-state index contributed by atoms with van der Waals surface area (Å²) in [6.45, 7) is 9.45. The van der Waals surface area contributed by atoms with Crippen LogP contribution in [0.25, 0.3) is 11.3 Å². The fraction of sp³-hybridized carbons (Fsp3) is 0.613. The molecule has 2 aromatic heterocycles. The summed E-state index contributed by atoms with van der Waals surface area (Å²) in [5.74, 6) is 1.31. The number of ether oxygens (including phenoxy) is 2. The first-order valence-corrected chi connectivity index (χ1v) is 15.0. The number of pyridine rings is 2. The summed E-state index contributed by atoms with van der Waals surface area (Å²) in [7, 11) is 0. The van der Waals surface area contributed by atoms with Crippen molar-refractivity contribution >= 4 is 29.2 Å². The number of hydrogen-bond donors (Lipinski definition) is 3. The van der Waals surface area contributed by atoms with Gasteiger partial charge in [-0.15, -0.1) is 0 Å². The molecule has 1 saturated heterocycles. The third kappa shape index (κ3) is 9.29. The zero-order chi connectivity index (χ0) is 29.5. The molecule has 0 bridgehead atoms. The molecule has 0 aromatic carbocycles. The molecule has 9 nitrogen and oxygen atoms in total. The van der Waals surface area contributed by atoms with E-state index in [1.807, 2.05) is 52.0 Å². The predicted octanol–water partition coefficient (Wildman–Crippen LogP) is 5.96. The summed E-state index contributed by atoms with van der Waals surface area (Å²) < 4.78 is 10.9. The van der Waals surface area contributed by atoms with Crippen LogP contribution in [0.1, 0.15) is 72.6 Å². The van der Waals surface area contributed by atoms with Crippen LogP contribution in [0.3, 0.4) is 0 Å². The van der Waals surface area contributed by atoms with E-state index in [1.165, 1.54) is 0 Å². The maximum Gasteiger partial charge on any atom is 0.307 e. The summed E-state index contributed by atoms with van der Waals surface area (Å²) >= 11 is 6.56. The molecule has 4 rings (SSSR count). The molecule has 0 amide bonds. The number of esters is 1. The Balaban J connectivity index is 1.30. The lowest BCUT2D eigenvalue weighted by Crippen LogP contribution is -2.42. The number of nitrogens with zero attached hydrogens (tertiary/aromatic N) is 3. The largest absolute Gasteiger partial charge is 0.460 e. The number of nitriles is 1. The molecule has 222 valence electrons. The van der Waals surface area contributed by atoms with Crippen molar-refractivity contribution in [1.82, 2.24) is 15.3 Å². The van der Waals surface area contributed by atoms with Crippen molar-refractivity contribution in [2.75, 3.05) is 30.4 Å². The molecule has 3 heterocycles. The number of anilines is 2. The highest BCUT2D eigenvalue weighted by Gasteiger charge is 2.32. The van der Waals surface area contributed by atoms with Gasteiger partial charge in [0.05, 0.1) is 28.6 Å². The van der Waals surface area contributed by atoms with Gasteiger partial charge in [-0.05, 0) is 84.4 Å². The Kier molecular flexibility index (Phi) is 10.5. The SMILES string of the molecule is C[C@H](CC(=O)OC(C)(C)C)NC1CCC(Nc2cc(-c3cccc(NCC4(C#N)CCOCC4)n3)c(Cl)cn2)CC1. The maximum atomic E-state index is 12.1. The second kappa shape index (κ2) is 13.8. The van der Waals surface area contributed by atoms with Crippen LogP contribution in [0.5, 0.6) is 0 Å². The Bertz CT molecular complexity index is 1210. The molecule has 2 fully saturated rings. The fourth-order valence-electron chi connectivity index (χ4n) is 5.46. The number of carbonyl (C=O) groups is 1. The number of carbonyl (C=O) groups excluding carboxylic acids is 1. The van der Waals surface area contributed by atoms with E-state index in [-0.39, 0.29) is 12.0 Å². The molecule has 41 heavy (non-hydrogen) atoms. The van der Waals surface area contributed by atoms with Gasteiger partial charge in [-0.3, -0.25) is 4.79 Å². The smallest absolute Gasteiger partial charge is 0.307 e. The van der Waals surface area contributed by atoms with E-state index < -0.39 is 11.0 Å². The topological polar surface area (TPSA) is 121 Å². The van der Waals surface area contributed by atoms with Crippen molar-refractivity contribution in [1.29, 1.82) is 5.26 Å². The van der Waals surface area contributed by atoms with E-state index in [1.54, 1.807) is 6.20 Å². The van der Waals surface area contributed by atoms with Crippen LogP contribution in [0, 0.1) is 16.7 Å². The quantitative estimate of drug-likeness (QED) is 0.291.